The molecule has 5 nitrogen and oxygen atoms in total. The number of likely N-dealkylation sites (N-methyl/N-ethyl adjacent to an activating group) is 1. The fraction of sp³-hybridized carbons (Fsp3) is 0.650. The summed E-state index contributed by atoms with van der Waals surface area (Å²) in [5, 5.41) is 9.53. The quantitative estimate of drug-likeness (QED) is 0.884. The first kappa shape index (κ1) is 18.2. The number of hydrogen-bond donors (Lipinski definition) is 1. The summed E-state index contributed by atoms with van der Waals surface area (Å²) in [5.74, 6) is 1.14. The lowest BCUT2D eigenvalue weighted by atomic mass is 9.96. The Kier molecular flexibility index (Phi) is 6.32. The van der Waals surface area contributed by atoms with Crippen molar-refractivity contribution in [2.75, 3.05) is 52.9 Å². The van der Waals surface area contributed by atoms with Crippen molar-refractivity contribution in [2.24, 2.45) is 5.92 Å². The molecule has 1 amide bonds. The van der Waals surface area contributed by atoms with Crippen LogP contribution in [0.1, 0.15) is 24.8 Å². The van der Waals surface area contributed by atoms with Gasteiger partial charge in [-0.05, 0) is 49.9 Å². The van der Waals surface area contributed by atoms with Crippen molar-refractivity contribution in [3.63, 3.8) is 0 Å². The van der Waals surface area contributed by atoms with Crippen LogP contribution in [0.2, 0.25) is 0 Å². The minimum atomic E-state index is 0.256. The molecule has 0 spiro atoms. The van der Waals surface area contributed by atoms with E-state index in [0.717, 1.165) is 57.8 Å². The Bertz CT molecular complexity index is 570. The molecule has 138 valence electrons. The van der Waals surface area contributed by atoms with Crippen LogP contribution in [0.3, 0.4) is 0 Å². The highest BCUT2D eigenvalue weighted by atomic mass is 16.3. The molecule has 1 aromatic rings. The third-order valence-corrected chi connectivity index (χ3v) is 5.52. The van der Waals surface area contributed by atoms with Crippen molar-refractivity contribution in [2.45, 2.75) is 25.7 Å². The van der Waals surface area contributed by atoms with Gasteiger partial charge in [-0.2, -0.15) is 0 Å². The highest BCUT2D eigenvalue weighted by Crippen LogP contribution is 2.20. The number of likely N-dealkylation sites (tertiary alicyclic amines) is 1. The second-order valence-corrected chi connectivity index (χ2v) is 7.62. The fourth-order valence-electron chi connectivity index (χ4n) is 3.96. The Morgan fingerprint density at radius 1 is 1.20 bits per heavy atom. The normalized spacial score (nSPS) is 22.9. The van der Waals surface area contributed by atoms with Crippen LogP contribution in [0.4, 0.5) is 0 Å². The first-order chi connectivity index (χ1) is 12.1. The number of amides is 1. The maximum Gasteiger partial charge on any atom is 0.222 e. The van der Waals surface area contributed by atoms with Crippen molar-refractivity contribution in [3.8, 4) is 5.75 Å². The molecule has 1 N–H and O–H groups in total. The predicted octanol–water partition coefficient (Wildman–Crippen LogP) is 1.81. The number of rotatable bonds is 5. The average Bonchev–Trinajstić information content (AvgIpc) is 2.62. The monoisotopic (exact) mass is 345 g/mol. The minimum Gasteiger partial charge on any atom is -0.508 e. The van der Waals surface area contributed by atoms with E-state index in [0.29, 0.717) is 18.8 Å². The van der Waals surface area contributed by atoms with E-state index in [2.05, 4.69) is 21.7 Å². The first-order valence-corrected chi connectivity index (χ1v) is 9.57. The molecule has 1 atom stereocenters. The molecule has 2 aliphatic heterocycles. The maximum atomic E-state index is 12.6. The Hall–Kier alpha value is -1.59. The zero-order chi connectivity index (χ0) is 17.6. The summed E-state index contributed by atoms with van der Waals surface area (Å²) in [6.07, 6.45) is 3.59. The van der Waals surface area contributed by atoms with Crippen molar-refractivity contribution in [1.29, 1.82) is 0 Å². The van der Waals surface area contributed by atoms with Crippen molar-refractivity contribution in [3.05, 3.63) is 29.8 Å². The van der Waals surface area contributed by atoms with E-state index in [1.807, 2.05) is 12.1 Å². The molecule has 2 heterocycles. The molecule has 25 heavy (non-hydrogen) atoms. The highest BCUT2D eigenvalue weighted by Gasteiger charge is 2.26. The number of piperazine rings is 1. The zero-order valence-corrected chi connectivity index (χ0v) is 15.4. The number of hydrogen-bond acceptors (Lipinski definition) is 4. The van der Waals surface area contributed by atoms with Crippen LogP contribution in [-0.4, -0.2) is 78.6 Å². The summed E-state index contributed by atoms with van der Waals surface area (Å²) in [6.45, 7) is 7.54. The van der Waals surface area contributed by atoms with E-state index in [1.54, 1.807) is 12.1 Å². The van der Waals surface area contributed by atoms with Gasteiger partial charge in [-0.3, -0.25) is 4.79 Å². The second-order valence-electron chi connectivity index (χ2n) is 7.62. The summed E-state index contributed by atoms with van der Waals surface area (Å²) in [6, 6.07) is 7.22. The van der Waals surface area contributed by atoms with Gasteiger partial charge in [-0.25, -0.2) is 0 Å². The van der Waals surface area contributed by atoms with Gasteiger partial charge in [0, 0.05) is 52.2 Å². The first-order valence-electron chi connectivity index (χ1n) is 9.57. The summed E-state index contributed by atoms with van der Waals surface area (Å²) in [5.41, 5.74) is 1.03. The van der Waals surface area contributed by atoms with Gasteiger partial charge in [-0.1, -0.05) is 12.1 Å². The predicted molar refractivity (Wildman–Crippen MR) is 99.7 cm³/mol. The standard InChI is InChI=1S/C20H31N3O2/c1-21-10-12-22(13-11-21)15-18-5-3-9-23(16-18)20(25)8-7-17-4-2-6-19(24)14-17/h2,4,6,14,18,24H,3,5,7-13,15-16H2,1H3/t18-/m1/s1. The highest BCUT2D eigenvalue weighted by molar-refractivity contribution is 5.76. The van der Waals surface area contributed by atoms with E-state index < -0.39 is 0 Å². The number of piperidine rings is 1. The van der Waals surface area contributed by atoms with E-state index in [9.17, 15) is 9.90 Å². The van der Waals surface area contributed by atoms with Crippen LogP contribution < -0.4 is 0 Å². The summed E-state index contributed by atoms with van der Waals surface area (Å²) in [4.78, 5) is 19.6. The Balaban J connectivity index is 1.44. The van der Waals surface area contributed by atoms with Crippen LogP contribution in [0, 0.1) is 5.92 Å². The Labute approximate surface area is 151 Å². The van der Waals surface area contributed by atoms with Gasteiger partial charge >= 0.3 is 0 Å². The third kappa shape index (κ3) is 5.44. The lowest BCUT2D eigenvalue weighted by Gasteiger charge is -2.38. The van der Waals surface area contributed by atoms with Crippen LogP contribution in [0.25, 0.3) is 0 Å². The molecular weight excluding hydrogens is 314 g/mol. The van der Waals surface area contributed by atoms with E-state index in [1.165, 1.54) is 6.42 Å². The molecule has 0 aromatic heterocycles. The molecule has 0 unspecified atom stereocenters. The third-order valence-electron chi connectivity index (χ3n) is 5.52. The molecule has 2 saturated heterocycles. The lowest BCUT2D eigenvalue weighted by Crippen LogP contribution is -2.49. The molecule has 5 heteroatoms. The lowest BCUT2D eigenvalue weighted by molar-refractivity contribution is -0.133. The largest absolute Gasteiger partial charge is 0.508 e. The number of nitrogens with zero attached hydrogens (tertiary/aromatic N) is 3. The van der Waals surface area contributed by atoms with Gasteiger partial charge in [0.05, 0.1) is 0 Å². The topological polar surface area (TPSA) is 47.0 Å². The van der Waals surface area contributed by atoms with Crippen molar-refractivity contribution >= 4 is 5.91 Å². The fourth-order valence-corrected chi connectivity index (χ4v) is 3.96. The van der Waals surface area contributed by atoms with E-state index >= 15 is 0 Å². The zero-order valence-electron chi connectivity index (χ0n) is 15.4. The second kappa shape index (κ2) is 8.68. The van der Waals surface area contributed by atoms with Gasteiger partial charge in [0.15, 0.2) is 0 Å². The Morgan fingerprint density at radius 2 is 2.00 bits per heavy atom. The number of aromatic hydroxyl groups is 1. The molecule has 3 rings (SSSR count). The van der Waals surface area contributed by atoms with Crippen molar-refractivity contribution in [1.82, 2.24) is 14.7 Å². The number of benzene rings is 1. The van der Waals surface area contributed by atoms with Gasteiger partial charge in [0.25, 0.3) is 0 Å². The number of phenols is 1. The van der Waals surface area contributed by atoms with Gasteiger partial charge < -0.3 is 19.8 Å². The molecule has 0 bridgehead atoms. The number of aryl methyl sites for hydroxylation is 1. The van der Waals surface area contributed by atoms with Crippen LogP contribution in [0.15, 0.2) is 24.3 Å². The summed E-state index contributed by atoms with van der Waals surface area (Å²) in [7, 11) is 2.19. The molecule has 0 aliphatic carbocycles. The van der Waals surface area contributed by atoms with Crippen molar-refractivity contribution < 1.29 is 9.90 Å². The van der Waals surface area contributed by atoms with Crippen LogP contribution in [-0.2, 0) is 11.2 Å². The smallest absolute Gasteiger partial charge is 0.222 e. The average molecular weight is 345 g/mol. The van der Waals surface area contributed by atoms with Gasteiger partial charge in [0.1, 0.15) is 5.75 Å². The molecule has 0 saturated carbocycles. The number of carbonyl (C=O) groups is 1. The van der Waals surface area contributed by atoms with E-state index in [4.69, 9.17) is 0 Å². The van der Waals surface area contributed by atoms with Crippen LogP contribution >= 0.6 is 0 Å². The molecule has 2 fully saturated rings. The molecule has 2 aliphatic rings. The molecule has 0 radical (unpaired) electrons. The Morgan fingerprint density at radius 3 is 2.76 bits per heavy atom. The summed E-state index contributed by atoms with van der Waals surface area (Å²) >= 11 is 0. The minimum absolute atomic E-state index is 0.256. The maximum absolute atomic E-state index is 12.6. The van der Waals surface area contributed by atoms with Crippen LogP contribution in [0.5, 0.6) is 5.75 Å². The summed E-state index contributed by atoms with van der Waals surface area (Å²) < 4.78 is 0. The SMILES string of the molecule is CN1CCN(C[C@H]2CCCN(C(=O)CCc3cccc(O)c3)C2)CC1. The van der Waals surface area contributed by atoms with E-state index in [-0.39, 0.29) is 11.7 Å². The van der Waals surface area contributed by atoms with Gasteiger partial charge in [0.2, 0.25) is 5.91 Å². The molecule has 1 aromatic carbocycles. The molecular formula is C20H31N3O2. The number of phenolic OH excluding ortho intramolecular Hbond substituents is 1. The number of carbonyl (C=O) groups excluding carboxylic acids is 1. The van der Waals surface area contributed by atoms with Gasteiger partial charge in [-0.15, -0.1) is 0 Å².